The molecule has 0 fully saturated rings. The van der Waals surface area contributed by atoms with Gasteiger partial charge in [0, 0.05) is 12.5 Å². The first-order valence-electron chi connectivity index (χ1n) is 5.33. The van der Waals surface area contributed by atoms with Crippen molar-refractivity contribution in [3.63, 3.8) is 0 Å². The average molecular weight is 248 g/mol. The summed E-state index contributed by atoms with van der Waals surface area (Å²) < 4.78 is 39.9. The Hall–Kier alpha value is -1.07. The van der Waals surface area contributed by atoms with Crippen molar-refractivity contribution in [2.75, 3.05) is 19.8 Å². The maximum Gasteiger partial charge on any atom is 0.411 e. The monoisotopic (exact) mass is 248 g/mol. The van der Waals surface area contributed by atoms with Crippen LogP contribution >= 0.6 is 0 Å². The van der Waals surface area contributed by atoms with Crippen LogP contribution in [0.1, 0.15) is 17.9 Å². The van der Waals surface area contributed by atoms with Crippen molar-refractivity contribution in [2.45, 2.75) is 18.5 Å². The highest BCUT2D eigenvalue weighted by Crippen LogP contribution is 2.20. The van der Waals surface area contributed by atoms with E-state index in [1.54, 1.807) is 0 Å². The molecule has 0 saturated carbocycles. The molecular formula is C12H15F3O2. The molecule has 0 aromatic heterocycles. The van der Waals surface area contributed by atoms with Crippen LogP contribution in [0.2, 0.25) is 0 Å². The Balaban J connectivity index is 2.34. The van der Waals surface area contributed by atoms with Crippen molar-refractivity contribution in [2.24, 2.45) is 0 Å². The zero-order valence-electron chi connectivity index (χ0n) is 9.28. The SMILES string of the molecule is OCC(CCOCC(F)(F)F)c1ccccc1. The van der Waals surface area contributed by atoms with Gasteiger partial charge in [-0.1, -0.05) is 30.3 Å². The zero-order valence-corrected chi connectivity index (χ0v) is 9.28. The number of halogens is 3. The van der Waals surface area contributed by atoms with Gasteiger partial charge in [0.25, 0.3) is 0 Å². The Bertz CT molecular complexity index is 311. The Kier molecular flexibility index (Phi) is 5.44. The van der Waals surface area contributed by atoms with Crippen LogP contribution in [0.4, 0.5) is 13.2 Å². The second kappa shape index (κ2) is 6.61. The topological polar surface area (TPSA) is 29.5 Å². The number of rotatable bonds is 6. The highest BCUT2D eigenvalue weighted by atomic mass is 19.4. The van der Waals surface area contributed by atoms with Crippen LogP contribution in [0.3, 0.4) is 0 Å². The molecule has 0 spiro atoms. The smallest absolute Gasteiger partial charge is 0.396 e. The highest BCUT2D eigenvalue weighted by molar-refractivity contribution is 5.19. The van der Waals surface area contributed by atoms with Gasteiger partial charge in [0.1, 0.15) is 6.61 Å². The number of alkyl halides is 3. The summed E-state index contributed by atoms with van der Waals surface area (Å²) in [6.45, 7) is -1.35. The molecule has 0 aliphatic rings. The first-order valence-corrected chi connectivity index (χ1v) is 5.33. The molecule has 2 nitrogen and oxygen atoms in total. The second-order valence-electron chi connectivity index (χ2n) is 3.75. The summed E-state index contributed by atoms with van der Waals surface area (Å²) in [5.41, 5.74) is 0.908. The van der Waals surface area contributed by atoms with Gasteiger partial charge in [-0.05, 0) is 12.0 Å². The standard InChI is InChI=1S/C12H15F3O2/c13-12(14,15)9-17-7-6-11(8-16)10-4-2-1-3-5-10/h1-5,11,16H,6-9H2. The van der Waals surface area contributed by atoms with E-state index in [-0.39, 0.29) is 19.1 Å². The summed E-state index contributed by atoms with van der Waals surface area (Å²) in [4.78, 5) is 0. The van der Waals surface area contributed by atoms with Crippen molar-refractivity contribution in [3.05, 3.63) is 35.9 Å². The number of ether oxygens (including phenoxy) is 1. The first-order chi connectivity index (χ1) is 8.03. The fourth-order valence-electron chi connectivity index (χ4n) is 1.50. The lowest BCUT2D eigenvalue weighted by Crippen LogP contribution is -2.18. The van der Waals surface area contributed by atoms with Crippen LogP contribution in [-0.4, -0.2) is 31.1 Å². The molecule has 1 aromatic carbocycles. The summed E-state index contributed by atoms with van der Waals surface area (Å²) in [6.07, 6.45) is -3.92. The predicted molar refractivity (Wildman–Crippen MR) is 57.8 cm³/mol. The van der Waals surface area contributed by atoms with E-state index in [9.17, 15) is 13.2 Å². The number of aliphatic hydroxyl groups excluding tert-OH is 1. The molecule has 1 atom stereocenters. The van der Waals surface area contributed by atoms with E-state index in [1.807, 2.05) is 30.3 Å². The molecular weight excluding hydrogens is 233 g/mol. The van der Waals surface area contributed by atoms with Crippen molar-refractivity contribution in [1.29, 1.82) is 0 Å². The maximum atomic E-state index is 11.8. The summed E-state index contributed by atoms with van der Waals surface area (Å²) in [5.74, 6) is -0.176. The van der Waals surface area contributed by atoms with Crippen LogP contribution < -0.4 is 0 Å². The highest BCUT2D eigenvalue weighted by Gasteiger charge is 2.27. The molecule has 0 amide bonds. The van der Waals surface area contributed by atoms with E-state index >= 15 is 0 Å². The lowest BCUT2D eigenvalue weighted by Gasteiger charge is -2.15. The number of hydrogen-bond acceptors (Lipinski definition) is 2. The second-order valence-corrected chi connectivity index (χ2v) is 3.75. The summed E-state index contributed by atoms with van der Waals surface area (Å²) in [5, 5.41) is 9.16. The van der Waals surface area contributed by atoms with E-state index < -0.39 is 12.8 Å². The summed E-state index contributed by atoms with van der Waals surface area (Å²) in [7, 11) is 0. The van der Waals surface area contributed by atoms with Crippen LogP contribution in [-0.2, 0) is 4.74 Å². The molecule has 0 aliphatic heterocycles. The third-order valence-corrected chi connectivity index (χ3v) is 2.37. The largest absolute Gasteiger partial charge is 0.411 e. The Labute approximate surface area is 98.0 Å². The molecule has 17 heavy (non-hydrogen) atoms. The summed E-state index contributed by atoms with van der Waals surface area (Å²) in [6, 6.07) is 9.18. The van der Waals surface area contributed by atoms with Crippen LogP contribution in [0, 0.1) is 0 Å². The Morgan fingerprint density at radius 1 is 1.18 bits per heavy atom. The van der Waals surface area contributed by atoms with Gasteiger partial charge in [0.05, 0.1) is 6.61 Å². The molecule has 1 N–H and O–H groups in total. The maximum absolute atomic E-state index is 11.8. The van der Waals surface area contributed by atoms with E-state index in [0.717, 1.165) is 5.56 Å². The fraction of sp³-hybridized carbons (Fsp3) is 0.500. The zero-order chi connectivity index (χ0) is 12.7. The van der Waals surface area contributed by atoms with Crippen LogP contribution in [0.15, 0.2) is 30.3 Å². The van der Waals surface area contributed by atoms with Crippen molar-refractivity contribution >= 4 is 0 Å². The van der Waals surface area contributed by atoms with Crippen molar-refractivity contribution < 1.29 is 23.0 Å². The van der Waals surface area contributed by atoms with Crippen molar-refractivity contribution in [1.82, 2.24) is 0 Å². The van der Waals surface area contributed by atoms with Gasteiger partial charge in [-0.2, -0.15) is 13.2 Å². The van der Waals surface area contributed by atoms with Gasteiger partial charge in [-0.15, -0.1) is 0 Å². The van der Waals surface area contributed by atoms with Crippen molar-refractivity contribution in [3.8, 4) is 0 Å². The van der Waals surface area contributed by atoms with Gasteiger partial charge in [-0.25, -0.2) is 0 Å². The molecule has 0 saturated heterocycles. The lowest BCUT2D eigenvalue weighted by atomic mass is 9.97. The molecule has 0 radical (unpaired) electrons. The lowest BCUT2D eigenvalue weighted by molar-refractivity contribution is -0.174. The molecule has 96 valence electrons. The normalized spacial score (nSPS) is 13.6. The van der Waals surface area contributed by atoms with E-state index in [0.29, 0.717) is 6.42 Å². The van der Waals surface area contributed by atoms with Crippen LogP contribution in [0.5, 0.6) is 0 Å². The molecule has 1 aromatic rings. The molecule has 0 aliphatic carbocycles. The van der Waals surface area contributed by atoms with Gasteiger partial charge in [-0.3, -0.25) is 0 Å². The number of aliphatic hydroxyl groups is 1. The average Bonchev–Trinajstić information content (AvgIpc) is 2.29. The van der Waals surface area contributed by atoms with E-state index in [1.165, 1.54) is 0 Å². The number of hydrogen-bond donors (Lipinski definition) is 1. The molecule has 5 heteroatoms. The minimum Gasteiger partial charge on any atom is -0.396 e. The van der Waals surface area contributed by atoms with Gasteiger partial charge < -0.3 is 9.84 Å². The number of benzene rings is 1. The third-order valence-electron chi connectivity index (χ3n) is 2.37. The summed E-state index contributed by atoms with van der Waals surface area (Å²) >= 11 is 0. The first kappa shape index (κ1) is 14.0. The van der Waals surface area contributed by atoms with Gasteiger partial charge in [0.15, 0.2) is 0 Å². The predicted octanol–water partition coefficient (Wildman–Crippen LogP) is 2.73. The Morgan fingerprint density at radius 3 is 2.35 bits per heavy atom. The minimum atomic E-state index is -4.29. The van der Waals surface area contributed by atoms with Gasteiger partial charge in [0.2, 0.25) is 0 Å². The molecule has 1 unspecified atom stereocenters. The quantitative estimate of drug-likeness (QED) is 0.784. The molecule has 1 rings (SSSR count). The minimum absolute atomic E-state index is 0.0143. The van der Waals surface area contributed by atoms with Crippen LogP contribution in [0.25, 0.3) is 0 Å². The fourth-order valence-corrected chi connectivity index (χ4v) is 1.50. The van der Waals surface area contributed by atoms with E-state index in [4.69, 9.17) is 5.11 Å². The van der Waals surface area contributed by atoms with E-state index in [2.05, 4.69) is 4.74 Å². The molecule has 0 heterocycles. The van der Waals surface area contributed by atoms with Gasteiger partial charge >= 0.3 is 6.18 Å². The third kappa shape index (κ3) is 5.70. The Morgan fingerprint density at radius 2 is 1.82 bits per heavy atom. The molecule has 0 bridgehead atoms.